The van der Waals surface area contributed by atoms with Crippen LogP contribution in [0.4, 0.5) is 10.5 Å². The number of amides is 1. The van der Waals surface area contributed by atoms with Crippen LogP contribution in [0, 0.1) is 5.92 Å². The van der Waals surface area contributed by atoms with Gasteiger partial charge in [0.15, 0.2) is 0 Å². The highest BCUT2D eigenvalue weighted by Crippen LogP contribution is 2.39. The average molecular weight is 506 g/mol. The van der Waals surface area contributed by atoms with Crippen molar-refractivity contribution in [2.45, 2.75) is 25.4 Å². The van der Waals surface area contributed by atoms with Crippen molar-refractivity contribution in [1.29, 1.82) is 0 Å². The smallest absolute Gasteiger partial charge is 0.412 e. The summed E-state index contributed by atoms with van der Waals surface area (Å²) in [4.78, 5) is 27.9. The lowest BCUT2D eigenvalue weighted by Gasteiger charge is -2.48. The van der Waals surface area contributed by atoms with Gasteiger partial charge in [0.1, 0.15) is 6.29 Å². The Morgan fingerprint density at radius 3 is 2.47 bits per heavy atom. The van der Waals surface area contributed by atoms with Gasteiger partial charge in [-0.2, -0.15) is 0 Å². The summed E-state index contributed by atoms with van der Waals surface area (Å²) in [6.45, 7) is 3.58. The van der Waals surface area contributed by atoms with Gasteiger partial charge in [0.05, 0.1) is 11.7 Å². The monoisotopic (exact) mass is 505 g/mol. The summed E-state index contributed by atoms with van der Waals surface area (Å²) in [6.07, 6.45) is 8.24. The number of fused-ring (bicyclic) bond motifs is 4. The Kier molecular flexibility index (Phi) is 6.56. The largest absolute Gasteiger partial charge is 0.465 e. The predicted molar refractivity (Wildman–Crippen MR) is 152 cm³/mol. The van der Waals surface area contributed by atoms with Gasteiger partial charge in [-0.3, -0.25) is 9.69 Å². The summed E-state index contributed by atoms with van der Waals surface area (Å²) in [7, 11) is 0. The SMILES string of the molecule is O=Cc1ccc2c(ccn2CC=Cc2ccc(-c3ccccc3)c(N(C(=O)O)C3CN4CCC3CC4)c2)c1. The Bertz CT molecular complexity index is 1500. The highest BCUT2D eigenvalue weighted by Gasteiger charge is 2.40. The molecule has 38 heavy (non-hydrogen) atoms. The van der Waals surface area contributed by atoms with E-state index >= 15 is 0 Å². The molecule has 1 aromatic heterocycles. The molecule has 192 valence electrons. The summed E-state index contributed by atoms with van der Waals surface area (Å²) >= 11 is 0. The van der Waals surface area contributed by atoms with E-state index in [1.165, 1.54) is 0 Å². The second-order valence-corrected chi connectivity index (χ2v) is 10.3. The summed E-state index contributed by atoms with van der Waals surface area (Å²) in [5, 5.41) is 11.5. The molecule has 1 N–H and O–H groups in total. The van der Waals surface area contributed by atoms with Crippen molar-refractivity contribution < 1.29 is 14.7 Å². The van der Waals surface area contributed by atoms with E-state index in [-0.39, 0.29) is 6.04 Å². The van der Waals surface area contributed by atoms with Crippen LogP contribution in [-0.4, -0.2) is 52.6 Å². The highest BCUT2D eigenvalue weighted by molar-refractivity contribution is 5.94. The minimum atomic E-state index is -0.893. The van der Waals surface area contributed by atoms with Crippen LogP contribution in [0.5, 0.6) is 0 Å². The molecule has 6 nitrogen and oxygen atoms in total. The zero-order chi connectivity index (χ0) is 26.1. The number of carbonyl (C=O) groups is 2. The lowest BCUT2D eigenvalue weighted by Crippen LogP contribution is -2.59. The summed E-state index contributed by atoms with van der Waals surface area (Å²) in [5.74, 6) is 0.390. The van der Waals surface area contributed by atoms with Crippen LogP contribution < -0.4 is 4.90 Å². The van der Waals surface area contributed by atoms with Gasteiger partial charge in [-0.05, 0) is 73.3 Å². The first-order valence-electron chi connectivity index (χ1n) is 13.3. The molecule has 0 spiro atoms. The number of nitrogens with zero attached hydrogens (tertiary/aromatic N) is 3. The molecule has 3 aromatic carbocycles. The van der Waals surface area contributed by atoms with Gasteiger partial charge in [0, 0.05) is 41.3 Å². The number of carboxylic acid groups (broad SMARTS) is 1. The Morgan fingerprint density at radius 1 is 0.974 bits per heavy atom. The first-order chi connectivity index (χ1) is 18.6. The minimum Gasteiger partial charge on any atom is -0.465 e. The molecule has 3 aliphatic heterocycles. The zero-order valence-electron chi connectivity index (χ0n) is 21.2. The van der Waals surface area contributed by atoms with Crippen molar-refractivity contribution in [3.8, 4) is 11.1 Å². The number of hydrogen-bond donors (Lipinski definition) is 1. The van der Waals surface area contributed by atoms with Gasteiger partial charge in [0.2, 0.25) is 0 Å². The standard InChI is InChI=1S/C32H31N3O3/c36-22-24-9-11-29-27(19-24)14-18-34(29)15-4-5-23-8-10-28(25-6-2-1-3-7-25)30(20-23)35(32(37)38)31-21-33-16-12-26(31)13-17-33/h1-11,14,18-20,22,26,31H,12-13,15-17,21H2,(H,37,38). The molecule has 2 bridgehead atoms. The van der Waals surface area contributed by atoms with Crippen LogP contribution >= 0.6 is 0 Å². The number of carbonyl (C=O) groups excluding carboxylic acids is 1. The predicted octanol–water partition coefficient (Wildman–Crippen LogP) is 6.41. The van der Waals surface area contributed by atoms with E-state index in [4.69, 9.17) is 0 Å². The van der Waals surface area contributed by atoms with Crippen molar-refractivity contribution >= 4 is 35.0 Å². The molecule has 0 radical (unpaired) electrons. The van der Waals surface area contributed by atoms with Gasteiger partial charge < -0.3 is 14.6 Å². The van der Waals surface area contributed by atoms with Crippen LogP contribution in [0.3, 0.4) is 0 Å². The average Bonchev–Trinajstić information content (AvgIpc) is 3.36. The Hall–Kier alpha value is -4.16. The second-order valence-electron chi connectivity index (χ2n) is 10.3. The third-order valence-corrected chi connectivity index (χ3v) is 8.07. The normalized spacial score (nSPS) is 20.7. The van der Waals surface area contributed by atoms with Gasteiger partial charge in [-0.1, -0.05) is 54.6 Å². The van der Waals surface area contributed by atoms with E-state index in [9.17, 15) is 14.7 Å². The molecule has 3 fully saturated rings. The molecule has 7 rings (SSSR count). The van der Waals surface area contributed by atoms with Gasteiger partial charge in [0.25, 0.3) is 0 Å². The van der Waals surface area contributed by atoms with Crippen LogP contribution in [0.2, 0.25) is 0 Å². The van der Waals surface area contributed by atoms with Crippen LogP contribution in [0.25, 0.3) is 28.1 Å². The van der Waals surface area contributed by atoms with E-state index in [1.54, 1.807) is 4.90 Å². The van der Waals surface area contributed by atoms with E-state index in [0.717, 1.165) is 72.0 Å². The van der Waals surface area contributed by atoms with Crippen LogP contribution in [-0.2, 0) is 6.54 Å². The van der Waals surface area contributed by atoms with E-state index < -0.39 is 6.09 Å². The number of rotatable bonds is 7. The quantitative estimate of drug-likeness (QED) is 0.295. The summed E-state index contributed by atoms with van der Waals surface area (Å²) < 4.78 is 2.14. The summed E-state index contributed by atoms with van der Waals surface area (Å²) in [5.41, 5.74) is 5.40. The number of benzene rings is 3. The fourth-order valence-corrected chi connectivity index (χ4v) is 6.12. The molecular formula is C32H31N3O3. The van der Waals surface area contributed by atoms with Crippen molar-refractivity contribution in [3.63, 3.8) is 0 Å². The van der Waals surface area contributed by atoms with E-state index in [0.29, 0.717) is 18.0 Å². The fraction of sp³-hybridized carbons (Fsp3) is 0.250. The molecule has 4 aromatic rings. The van der Waals surface area contributed by atoms with Crippen LogP contribution in [0.1, 0.15) is 28.8 Å². The van der Waals surface area contributed by atoms with Gasteiger partial charge in [-0.15, -0.1) is 0 Å². The van der Waals surface area contributed by atoms with Gasteiger partial charge >= 0.3 is 6.09 Å². The topological polar surface area (TPSA) is 65.8 Å². The molecular weight excluding hydrogens is 474 g/mol. The number of anilines is 1. The highest BCUT2D eigenvalue weighted by atomic mass is 16.4. The Balaban J connectivity index is 1.34. The molecule has 3 saturated heterocycles. The van der Waals surface area contributed by atoms with Gasteiger partial charge in [-0.25, -0.2) is 4.79 Å². The first-order valence-corrected chi connectivity index (χ1v) is 13.3. The minimum absolute atomic E-state index is 0.0424. The summed E-state index contributed by atoms with van der Waals surface area (Å²) in [6, 6.07) is 23.8. The van der Waals surface area contributed by atoms with E-state index in [1.807, 2.05) is 72.9 Å². The number of aromatic nitrogens is 1. The third-order valence-electron chi connectivity index (χ3n) is 8.07. The number of hydrogen-bond acceptors (Lipinski definition) is 3. The van der Waals surface area contributed by atoms with Crippen LogP contribution in [0.15, 0.2) is 85.1 Å². The Labute approximate surface area is 222 Å². The maximum atomic E-state index is 12.8. The molecule has 1 unspecified atom stereocenters. The lowest BCUT2D eigenvalue weighted by atomic mass is 9.82. The zero-order valence-corrected chi connectivity index (χ0v) is 21.2. The molecule has 0 saturated carbocycles. The maximum absolute atomic E-state index is 12.8. The molecule has 3 aliphatic rings. The first kappa shape index (κ1) is 24.2. The number of allylic oxidation sites excluding steroid dienone is 1. The molecule has 1 atom stereocenters. The Morgan fingerprint density at radius 2 is 1.76 bits per heavy atom. The van der Waals surface area contributed by atoms with E-state index in [2.05, 4.69) is 27.7 Å². The fourth-order valence-electron chi connectivity index (χ4n) is 6.12. The number of aldehydes is 1. The van der Waals surface area contributed by atoms with Crippen molar-refractivity contribution in [3.05, 3.63) is 96.2 Å². The third kappa shape index (κ3) is 4.63. The second kappa shape index (κ2) is 10.3. The van der Waals surface area contributed by atoms with Crippen molar-refractivity contribution in [2.75, 3.05) is 24.5 Å². The number of piperidine rings is 3. The molecule has 1 amide bonds. The molecule has 6 heteroatoms. The van der Waals surface area contributed by atoms with Crippen molar-refractivity contribution in [2.24, 2.45) is 5.92 Å². The lowest BCUT2D eigenvalue weighted by molar-refractivity contribution is 0.0838. The molecule has 0 aliphatic carbocycles. The molecule has 4 heterocycles. The van der Waals surface area contributed by atoms with Crippen molar-refractivity contribution in [1.82, 2.24) is 9.47 Å². The maximum Gasteiger partial charge on any atom is 0.412 e.